The van der Waals surface area contributed by atoms with E-state index in [-0.39, 0.29) is 27.0 Å². The number of thiazole rings is 1. The van der Waals surface area contributed by atoms with Gasteiger partial charge in [-0.2, -0.15) is 23.5 Å². The summed E-state index contributed by atoms with van der Waals surface area (Å²) < 4.78 is 71.1. The van der Waals surface area contributed by atoms with Crippen molar-refractivity contribution in [3.8, 4) is 28.8 Å². The predicted octanol–water partition coefficient (Wildman–Crippen LogP) is 5.02. The van der Waals surface area contributed by atoms with E-state index in [1.54, 1.807) is 5.38 Å². The van der Waals surface area contributed by atoms with Crippen LogP contribution in [0, 0.1) is 11.3 Å². The lowest BCUT2D eigenvalue weighted by molar-refractivity contribution is -0.141. The number of alkyl halides is 3. The number of hydrogen-bond acceptors (Lipinski definition) is 7. The first-order chi connectivity index (χ1) is 15.7. The molecule has 0 saturated heterocycles. The van der Waals surface area contributed by atoms with Crippen LogP contribution in [0.4, 0.5) is 18.3 Å². The zero-order valence-electron chi connectivity index (χ0n) is 16.3. The Morgan fingerprint density at radius 2 is 1.88 bits per heavy atom. The van der Waals surface area contributed by atoms with Gasteiger partial charge in [0.15, 0.2) is 10.8 Å². The van der Waals surface area contributed by atoms with E-state index in [2.05, 4.69) is 19.9 Å². The molecule has 0 aliphatic rings. The Balaban J connectivity index is 1.53. The first kappa shape index (κ1) is 22.3. The van der Waals surface area contributed by atoms with Crippen molar-refractivity contribution >= 4 is 26.5 Å². The molecule has 4 aromatic rings. The third-order valence-corrected chi connectivity index (χ3v) is 6.45. The van der Waals surface area contributed by atoms with Crippen LogP contribution in [0.5, 0.6) is 11.5 Å². The van der Waals surface area contributed by atoms with Crippen LogP contribution in [-0.2, 0) is 16.2 Å². The summed E-state index contributed by atoms with van der Waals surface area (Å²) in [5.41, 5.74) is -0.435. The van der Waals surface area contributed by atoms with Gasteiger partial charge in [-0.25, -0.2) is 13.4 Å². The van der Waals surface area contributed by atoms with Gasteiger partial charge in [0.2, 0.25) is 0 Å². The van der Waals surface area contributed by atoms with E-state index in [1.165, 1.54) is 48.7 Å². The number of aromatic amines is 1. The van der Waals surface area contributed by atoms with E-state index in [4.69, 9.17) is 4.74 Å². The van der Waals surface area contributed by atoms with Gasteiger partial charge in [-0.1, -0.05) is 0 Å². The molecular formula is C20H12F3N5O3S2. The number of sulfonamides is 1. The second-order valence-corrected chi connectivity index (χ2v) is 9.08. The largest absolute Gasteiger partial charge is 0.456 e. The lowest BCUT2D eigenvalue weighted by atomic mass is 10.1. The average molecular weight is 491 g/mol. The van der Waals surface area contributed by atoms with E-state index < -0.39 is 21.9 Å². The van der Waals surface area contributed by atoms with Gasteiger partial charge >= 0.3 is 6.18 Å². The zero-order valence-corrected chi connectivity index (χ0v) is 17.9. The molecular weight excluding hydrogens is 479 g/mol. The summed E-state index contributed by atoms with van der Waals surface area (Å²) in [5, 5.41) is 16.8. The molecule has 2 aromatic heterocycles. The van der Waals surface area contributed by atoms with Crippen LogP contribution in [0.15, 0.2) is 65.0 Å². The first-order valence-corrected chi connectivity index (χ1v) is 11.4. The number of halogens is 3. The zero-order chi connectivity index (χ0) is 23.6. The quantitative estimate of drug-likeness (QED) is 0.391. The first-order valence-electron chi connectivity index (χ1n) is 9.03. The third kappa shape index (κ3) is 4.97. The van der Waals surface area contributed by atoms with E-state index >= 15 is 0 Å². The highest BCUT2D eigenvalue weighted by Crippen LogP contribution is 2.32. The van der Waals surface area contributed by atoms with E-state index in [1.807, 2.05) is 6.07 Å². The number of nitrogens with one attached hydrogen (secondary N) is 2. The van der Waals surface area contributed by atoms with E-state index in [0.717, 1.165) is 17.4 Å². The van der Waals surface area contributed by atoms with Gasteiger partial charge in [0.05, 0.1) is 16.2 Å². The fraction of sp³-hybridized carbons (Fsp3) is 0.0500. The number of ether oxygens (including phenoxy) is 1. The van der Waals surface area contributed by atoms with Gasteiger partial charge < -0.3 is 4.74 Å². The lowest BCUT2D eigenvalue weighted by Crippen LogP contribution is -2.13. The topological polar surface area (TPSA) is 121 Å². The van der Waals surface area contributed by atoms with E-state index in [0.29, 0.717) is 11.3 Å². The molecule has 0 atom stereocenters. The predicted molar refractivity (Wildman–Crippen MR) is 113 cm³/mol. The molecule has 8 nitrogen and oxygen atoms in total. The Morgan fingerprint density at radius 3 is 2.48 bits per heavy atom. The van der Waals surface area contributed by atoms with Crippen LogP contribution in [0.3, 0.4) is 0 Å². The van der Waals surface area contributed by atoms with E-state index in [9.17, 15) is 26.9 Å². The number of hydrogen-bond donors (Lipinski definition) is 2. The maximum absolute atomic E-state index is 12.7. The fourth-order valence-corrected chi connectivity index (χ4v) is 4.56. The molecule has 0 saturated carbocycles. The number of anilines is 1. The third-order valence-electron chi connectivity index (χ3n) is 4.30. The Morgan fingerprint density at radius 1 is 1.12 bits per heavy atom. The van der Waals surface area contributed by atoms with Crippen LogP contribution < -0.4 is 9.46 Å². The minimum atomic E-state index is -4.55. The molecule has 0 fully saturated rings. The molecule has 4 rings (SSSR count). The average Bonchev–Trinajstić information content (AvgIpc) is 3.46. The summed E-state index contributed by atoms with van der Waals surface area (Å²) in [6.07, 6.45) is -3.10. The number of H-pyrrole nitrogens is 1. The van der Waals surface area contributed by atoms with Crippen molar-refractivity contribution in [3.63, 3.8) is 0 Å². The monoisotopic (exact) mass is 491 g/mol. The molecule has 13 heteroatoms. The maximum Gasteiger partial charge on any atom is 0.435 e. The SMILES string of the molecule is N#Cc1cc(S(=O)(=O)Nc2nccs2)ccc1Oc1ccc(-c2cc(C(F)(F)F)n[nH]2)cc1. The number of aromatic nitrogens is 3. The molecule has 0 aliphatic carbocycles. The highest BCUT2D eigenvalue weighted by molar-refractivity contribution is 7.93. The minimum absolute atomic E-state index is 0.0236. The van der Waals surface area contributed by atoms with Crippen LogP contribution in [-0.4, -0.2) is 23.6 Å². The van der Waals surface area contributed by atoms with Crippen molar-refractivity contribution in [2.24, 2.45) is 0 Å². The molecule has 2 aromatic carbocycles. The molecule has 0 spiro atoms. The number of rotatable bonds is 6. The summed E-state index contributed by atoms with van der Waals surface area (Å²) in [7, 11) is -3.95. The van der Waals surface area contributed by atoms with Crippen molar-refractivity contribution in [2.75, 3.05) is 4.72 Å². The molecule has 0 bridgehead atoms. The molecule has 0 radical (unpaired) electrons. The standard InChI is InChI=1S/C20H12F3N5O3S2/c21-20(22,23)18-10-16(26-27-18)12-1-3-14(4-2-12)31-17-6-5-15(9-13(17)11-24)33(29,30)28-19-25-7-8-32-19/h1-10H,(H,25,28)(H,26,27). The van der Waals surface area contributed by atoms with Crippen molar-refractivity contribution in [1.29, 1.82) is 5.26 Å². The van der Waals surface area contributed by atoms with Gasteiger partial charge in [0.1, 0.15) is 17.6 Å². The Labute approximate surface area is 189 Å². The highest BCUT2D eigenvalue weighted by Gasteiger charge is 2.33. The Kier molecular flexibility index (Phi) is 5.79. The minimum Gasteiger partial charge on any atom is -0.456 e. The molecule has 0 unspecified atom stereocenters. The lowest BCUT2D eigenvalue weighted by Gasteiger charge is -2.10. The second-order valence-electron chi connectivity index (χ2n) is 6.50. The van der Waals surface area contributed by atoms with Crippen LogP contribution in [0.25, 0.3) is 11.3 Å². The van der Waals surface area contributed by atoms with Crippen LogP contribution in [0.1, 0.15) is 11.3 Å². The van der Waals surface area contributed by atoms with Gasteiger partial charge in [0.25, 0.3) is 10.0 Å². The summed E-state index contributed by atoms with van der Waals surface area (Å²) in [6.45, 7) is 0. The number of nitriles is 1. The molecule has 0 amide bonds. The Bertz CT molecular complexity index is 1430. The Hall–Kier alpha value is -3.89. The van der Waals surface area contributed by atoms with Gasteiger partial charge in [-0.3, -0.25) is 9.82 Å². The highest BCUT2D eigenvalue weighted by atomic mass is 32.2. The molecule has 168 valence electrons. The molecule has 2 heterocycles. The van der Waals surface area contributed by atoms with Crippen LogP contribution in [0.2, 0.25) is 0 Å². The summed E-state index contributed by atoms with van der Waals surface area (Å²) in [5.74, 6) is 0.404. The van der Waals surface area contributed by atoms with Crippen molar-refractivity contribution in [3.05, 3.63) is 71.4 Å². The van der Waals surface area contributed by atoms with Gasteiger partial charge in [0, 0.05) is 11.6 Å². The summed E-state index contributed by atoms with van der Waals surface area (Å²) in [6, 6.07) is 12.6. The number of benzene rings is 2. The molecule has 0 aliphatic heterocycles. The molecule has 33 heavy (non-hydrogen) atoms. The summed E-state index contributed by atoms with van der Waals surface area (Å²) in [4.78, 5) is 3.72. The normalized spacial score (nSPS) is 11.7. The number of nitrogens with zero attached hydrogens (tertiary/aromatic N) is 3. The second kappa shape index (κ2) is 8.57. The van der Waals surface area contributed by atoms with Crippen LogP contribution >= 0.6 is 11.3 Å². The smallest absolute Gasteiger partial charge is 0.435 e. The fourth-order valence-electron chi connectivity index (χ4n) is 2.74. The van der Waals surface area contributed by atoms with Crippen molar-refractivity contribution < 1.29 is 26.3 Å². The van der Waals surface area contributed by atoms with Gasteiger partial charge in [-0.15, -0.1) is 11.3 Å². The van der Waals surface area contributed by atoms with Crippen molar-refractivity contribution in [2.45, 2.75) is 11.1 Å². The summed E-state index contributed by atoms with van der Waals surface area (Å²) >= 11 is 1.11. The molecule has 2 N–H and O–H groups in total. The van der Waals surface area contributed by atoms with Gasteiger partial charge in [-0.05, 0) is 54.1 Å². The maximum atomic E-state index is 12.7. The van der Waals surface area contributed by atoms with Crippen molar-refractivity contribution in [1.82, 2.24) is 15.2 Å².